The molecule has 0 aromatic rings. The van der Waals surface area contributed by atoms with Crippen LogP contribution in [0.3, 0.4) is 0 Å². The lowest BCUT2D eigenvalue weighted by Crippen LogP contribution is -2.08. The molecule has 1 heteroatoms. The highest BCUT2D eigenvalue weighted by atomic mass is 35.5. The second-order valence-electron chi connectivity index (χ2n) is 3.91. The highest BCUT2D eigenvalue weighted by Gasteiger charge is 2.35. The molecule has 2 fully saturated rings. The lowest BCUT2D eigenvalue weighted by Gasteiger charge is -2.20. The quantitative estimate of drug-likeness (QED) is 0.509. The molecule has 1 spiro atoms. The summed E-state index contributed by atoms with van der Waals surface area (Å²) in [6, 6.07) is 0. The molecule has 60 valence electrons. The maximum Gasteiger partial charge on any atom is -0.0297 e. The first kappa shape index (κ1) is 8.39. The predicted octanol–water partition coefficient (Wildman–Crippen LogP) is 3.54. The van der Waals surface area contributed by atoms with Gasteiger partial charge in [0, 0.05) is 0 Å². The maximum atomic E-state index is 1.56. The predicted molar refractivity (Wildman–Crippen MR) is 46.6 cm³/mol. The van der Waals surface area contributed by atoms with Crippen molar-refractivity contribution in [2.45, 2.75) is 51.4 Å². The van der Waals surface area contributed by atoms with Crippen LogP contribution in [0, 0.1) is 5.41 Å². The first-order chi connectivity index (χ1) is 4.41. The minimum absolute atomic E-state index is 0. The van der Waals surface area contributed by atoms with E-state index in [0.29, 0.717) is 0 Å². The summed E-state index contributed by atoms with van der Waals surface area (Å²) in [7, 11) is 0. The van der Waals surface area contributed by atoms with Crippen LogP contribution in [0.4, 0.5) is 0 Å². The molecule has 0 aromatic carbocycles. The summed E-state index contributed by atoms with van der Waals surface area (Å²) in [5.74, 6) is 0. The number of rotatable bonds is 0. The average molecular weight is 161 g/mol. The van der Waals surface area contributed by atoms with Crippen molar-refractivity contribution in [2.75, 3.05) is 0 Å². The van der Waals surface area contributed by atoms with Crippen LogP contribution >= 0.6 is 12.4 Å². The Bertz CT molecular complexity index is 79.8. The van der Waals surface area contributed by atoms with Gasteiger partial charge in [-0.1, -0.05) is 25.7 Å². The molecule has 0 unspecified atom stereocenters. The van der Waals surface area contributed by atoms with Crippen molar-refractivity contribution in [3.05, 3.63) is 0 Å². The van der Waals surface area contributed by atoms with E-state index in [1.54, 1.807) is 25.7 Å². The van der Waals surface area contributed by atoms with Crippen LogP contribution in [-0.2, 0) is 0 Å². The molecular weight excluding hydrogens is 144 g/mol. The number of hydrogen-bond acceptors (Lipinski definition) is 0. The molecule has 0 aromatic heterocycles. The molecule has 2 aliphatic rings. The maximum absolute atomic E-state index is 1.56. The normalized spacial score (nSPS) is 28.8. The molecule has 0 radical (unpaired) electrons. The molecule has 10 heavy (non-hydrogen) atoms. The lowest BCUT2D eigenvalue weighted by atomic mass is 9.85. The summed E-state index contributed by atoms with van der Waals surface area (Å²) in [4.78, 5) is 0. The van der Waals surface area contributed by atoms with Crippen molar-refractivity contribution in [1.29, 1.82) is 0 Å². The van der Waals surface area contributed by atoms with E-state index in [9.17, 15) is 0 Å². The van der Waals surface area contributed by atoms with Gasteiger partial charge in [-0.3, -0.25) is 0 Å². The van der Waals surface area contributed by atoms with Gasteiger partial charge in [0.15, 0.2) is 0 Å². The van der Waals surface area contributed by atoms with E-state index < -0.39 is 0 Å². The second-order valence-corrected chi connectivity index (χ2v) is 3.91. The van der Waals surface area contributed by atoms with E-state index in [1.807, 2.05) is 0 Å². The van der Waals surface area contributed by atoms with Crippen LogP contribution in [0.25, 0.3) is 0 Å². The van der Waals surface area contributed by atoms with Gasteiger partial charge in [0.05, 0.1) is 0 Å². The van der Waals surface area contributed by atoms with Crippen LogP contribution in [-0.4, -0.2) is 0 Å². The van der Waals surface area contributed by atoms with E-state index in [0.717, 1.165) is 5.41 Å². The summed E-state index contributed by atoms with van der Waals surface area (Å²) in [5, 5.41) is 0. The largest absolute Gasteiger partial charge is 0.147 e. The Labute approximate surface area is 69.8 Å². The SMILES string of the molecule is C1CCC2(C1)CCCC2.Cl. The average Bonchev–Trinajstić information content (AvgIpc) is 2.45. The zero-order valence-corrected chi connectivity index (χ0v) is 7.38. The van der Waals surface area contributed by atoms with E-state index in [1.165, 1.54) is 25.7 Å². The van der Waals surface area contributed by atoms with Gasteiger partial charge in [-0.15, -0.1) is 12.4 Å². The molecule has 0 amide bonds. The Balaban J connectivity index is 0.000000500. The van der Waals surface area contributed by atoms with Gasteiger partial charge < -0.3 is 0 Å². The van der Waals surface area contributed by atoms with Gasteiger partial charge in [-0.25, -0.2) is 0 Å². The Hall–Kier alpha value is 0.290. The van der Waals surface area contributed by atoms with Crippen molar-refractivity contribution in [2.24, 2.45) is 5.41 Å². The molecule has 2 aliphatic carbocycles. The summed E-state index contributed by atoms with van der Waals surface area (Å²) >= 11 is 0. The molecule has 0 N–H and O–H groups in total. The molecule has 2 saturated carbocycles. The monoisotopic (exact) mass is 160 g/mol. The smallest absolute Gasteiger partial charge is 0.0297 e. The minimum Gasteiger partial charge on any atom is -0.147 e. The first-order valence-electron chi connectivity index (χ1n) is 4.41. The van der Waals surface area contributed by atoms with Gasteiger partial charge in [-0.05, 0) is 31.1 Å². The Morgan fingerprint density at radius 2 is 0.900 bits per heavy atom. The molecule has 0 saturated heterocycles. The van der Waals surface area contributed by atoms with Crippen molar-refractivity contribution in [3.63, 3.8) is 0 Å². The zero-order valence-electron chi connectivity index (χ0n) is 6.57. The van der Waals surface area contributed by atoms with Gasteiger partial charge >= 0.3 is 0 Å². The first-order valence-corrected chi connectivity index (χ1v) is 4.41. The molecule has 0 heterocycles. The van der Waals surface area contributed by atoms with Gasteiger partial charge in [-0.2, -0.15) is 0 Å². The van der Waals surface area contributed by atoms with Gasteiger partial charge in [0.2, 0.25) is 0 Å². The fourth-order valence-electron chi connectivity index (χ4n) is 2.75. The third kappa shape index (κ3) is 1.32. The van der Waals surface area contributed by atoms with E-state index in [4.69, 9.17) is 0 Å². The number of hydrogen-bond donors (Lipinski definition) is 0. The third-order valence-corrected chi connectivity index (χ3v) is 3.33. The van der Waals surface area contributed by atoms with Crippen molar-refractivity contribution >= 4 is 12.4 Å². The van der Waals surface area contributed by atoms with E-state index >= 15 is 0 Å². The molecule has 0 aliphatic heterocycles. The lowest BCUT2D eigenvalue weighted by molar-refractivity contribution is 0.309. The van der Waals surface area contributed by atoms with Crippen LogP contribution in [0.1, 0.15) is 51.4 Å². The standard InChI is InChI=1S/C9H16.ClH/c1-2-6-9(5-1)7-3-4-8-9;/h1-8H2;1H. The Morgan fingerprint density at radius 3 is 1.20 bits per heavy atom. The van der Waals surface area contributed by atoms with Gasteiger partial charge in [0.1, 0.15) is 0 Å². The zero-order chi connectivity index (χ0) is 6.16. The van der Waals surface area contributed by atoms with E-state index in [2.05, 4.69) is 0 Å². The number of halogens is 1. The van der Waals surface area contributed by atoms with Crippen molar-refractivity contribution in [3.8, 4) is 0 Å². The van der Waals surface area contributed by atoms with Crippen LogP contribution in [0.2, 0.25) is 0 Å². The Kier molecular flexibility index (Phi) is 2.62. The topological polar surface area (TPSA) is 0 Å². The van der Waals surface area contributed by atoms with Gasteiger partial charge in [0.25, 0.3) is 0 Å². The fourth-order valence-corrected chi connectivity index (χ4v) is 2.75. The molecule has 0 nitrogen and oxygen atoms in total. The summed E-state index contributed by atoms with van der Waals surface area (Å²) in [5.41, 5.74) is 0.889. The van der Waals surface area contributed by atoms with Crippen LogP contribution in [0.15, 0.2) is 0 Å². The van der Waals surface area contributed by atoms with Crippen LogP contribution in [0.5, 0.6) is 0 Å². The Morgan fingerprint density at radius 1 is 0.600 bits per heavy atom. The molecule has 0 atom stereocenters. The summed E-state index contributed by atoms with van der Waals surface area (Å²) < 4.78 is 0. The highest BCUT2D eigenvalue weighted by Crippen LogP contribution is 2.50. The highest BCUT2D eigenvalue weighted by molar-refractivity contribution is 5.85. The second kappa shape index (κ2) is 3.13. The van der Waals surface area contributed by atoms with E-state index in [-0.39, 0.29) is 12.4 Å². The fraction of sp³-hybridized carbons (Fsp3) is 1.00. The summed E-state index contributed by atoms with van der Waals surface area (Å²) in [6.07, 6.45) is 12.4. The van der Waals surface area contributed by atoms with Crippen molar-refractivity contribution < 1.29 is 0 Å². The summed E-state index contributed by atoms with van der Waals surface area (Å²) in [6.45, 7) is 0. The molecule has 2 rings (SSSR count). The van der Waals surface area contributed by atoms with Crippen LogP contribution < -0.4 is 0 Å². The molecule has 0 bridgehead atoms. The van der Waals surface area contributed by atoms with Crippen molar-refractivity contribution in [1.82, 2.24) is 0 Å². The third-order valence-electron chi connectivity index (χ3n) is 3.33. The minimum atomic E-state index is 0. The molecular formula is C9H17Cl.